The van der Waals surface area contributed by atoms with E-state index in [1.165, 1.54) is 33.2 Å². The van der Waals surface area contributed by atoms with E-state index < -0.39 is 0 Å². The van der Waals surface area contributed by atoms with E-state index in [2.05, 4.69) is 83.7 Å². The summed E-state index contributed by atoms with van der Waals surface area (Å²) in [5.74, 6) is 1.05. The van der Waals surface area contributed by atoms with Crippen LogP contribution < -0.4 is 9.80 Å². The molecule has 5 rings (SSSR count). The summed E-state index contributed by atoms with van der Waals surface area (Å²) in [6.45, 7) is 8.47. The molecule has 0 amide bonds. The van der Waals surface area contributed by atoms with E-state index in [0.29, 0.717) is 6.04 Å². The summed E-state index contributed by atoms with van der Waals surface area (Å²) in [5, 5.41) is 2.63. The monoisotopic (exact) mass is 356 g/mol. The molecule has 0 spiro atoms. The first-order valence-electron chi connectivity index (χ1n) is 9.70. The van der Waals surface area contributed by atoms with Crippen LogP contribution in [0.25, 0.3) is 21.8 Å². The number of anilines is 3. The fourth-order valence-electron chi connectivity index (χ4n) is 4.38. The number of pyridine rings is 1. The van der Waals surface area contributed by atoms with Gasteiger partial charge in [-0.25, -0.2) is 4.98 Å². The van der Waals surface area contributed by atoms with Crippen molar-refractivity contribution in [3.63, 3.8) is 0 Å². The fourth-order valence-corrected chi connectivity index (χ4v) is 4.38. The van der Waals surface area contributed by atoms with E-state index in [-0.39, 0.29) is 0 Å². The van der Waals surface area contributed by atoms with Crippen LogP contribution in [0.15, 0.2) is 60.8 Å². The highest BCUT2D eigenvalue weighted by atomic mass is 15.4. The lowest BCUT2D eigenvalue weighted by Gasteiger charge is -2.25. The second-order valence-corrected chi connectivity index (χ2v) is 7.41. The van der Waals surface area contributed by atoms with Crippen LogP contribution in [0.5, 0.6) is 0 Å². The van der Waals surface area contributed by atoms with E-state index in [0.717, 1.165) is 19.0 Å². The van der Waals surface area contributed by atoms with Gasteiger partial charge in [-0.15, -0.1) is 0 Å². The molecular formula is C23H24N4. The Morgan fingerprint density at radius 2 is 1.70 bits per heavy atom. The number of nitrogens with zero attached hydrogens (tertiary/aromatic N) is 4. The van der Waals surface area contributed by atoms with Gasteiger partial charge in [0, 0.05) is 35.1 Å². The Kier molecular flexibility index (Phi) is 3.61. The van der Waals surface area contributed by atoms with Crippen molar-refractivity contribution in [3.05, 3.63) is 60.8 Å². The Bertz CT molecular complexity index is 1140. The molecular weight excluding hydrogens is 332 g/mol. The predicted molar refractivity (Wildman–Crippen MR) is 114 cm³/mol. The van der Waals surface area contributed by atoms with Crippen molar-refractivity contribution in [1.29, 1.82) is 0 Å². The van der Waals surface area contributed by atoms with Crippen molar-refractivity contribution in [2.24, 2.45) is 0 Å². The van der Waals surface area contributed by atoms with E-state index >= 15 is 0 Å². The number of hydrogen-bond donors (Lipinski definition) is 0. The van der Waals surface area contributed by atoms with Crippen LogP contribution in [0.2, 0.25) is 0 Å². The zero-order valence-corrected chi connectivity index (χ0v) is 16.1. The van der Waals surface area contributed by atoms with Gasteiger partial charge in [0.2, 0.25) is 0 Å². The lowest BCUT2D eigenvalue weighted by Crippen LogP contribution is -2.33. The minimum absolute atomic E-state index is 0.425. The van der Waals surface area contributed by atoms with Crippen molar-refractivity contribution >= 4 is 39.0 Å². The first-order valence-corrected chi connectivity index (χ1v) is 9.70. The van der Waals surface area contributed by atoms with Gasteiger partial charge in [-0.1, -0.05) is 30.3 Å². The summed E-state index contributed by atoms with van der Waals surface area (Å²) in [5.41, 5.74) is 5.03. The first-order chi connectivity index (χ1) is 13.2. The third-order valence-electron chi connectivity index (χ3n) is 5.62. The van der Waals surface area contributed by atoms with Crippen molar-refractivity contribution in [1.82, 2.24) is 9.55 Å². The lowest BCUT2D eigenvalue weighted by atomic mass is 10.1. The molecule has 4 aromatic rings. The number of fused-ring (bicyclic) bond motifs is 4. The molecule has 2 aromatic heterocycles. The van der Waals surface area contributed by atoms with Gasteiger partial charge < -0.3 is 14.4 Å². The standard InChI is InChI=1S/C23H24N4/c1-4-25-19-11-6-5-9-17(19)18-10-7-12-20(22(18)25)27-15-26(16(2)3)21-13-8-14-24-23(21)27/h5-14,16H,4,15H2,1-3H3. The van der Waals surface area contributed by atoms with Crippen LogP contribution in [-0.2, 0) is 6.54 Å². The van der Waals surface area contributed by atoms with Crippen LogP contribution in [0, 0.1) is 0 Å². The molecule has 2 aromatic carbocycles. The minimum Gasteiger partial charge on any atom is -0.348 e. The average Bonchev–Trinajstić information content (AvgIpc) is 3.24. The second-order valence-electron chi connectivity index (χ2n) is 7.41. The summed E-state index contributed by atoms with van der Waals surface area (Å²) in [4.78, 5) is 9.52. The molecule has 0 atom stereocenters. The van der Waals surface area contributed by atoms with Gasteiger partial charge in [0.15, 0.2) is 5.82 Å². The zero-order valence-electron chi connectivity index (χ0n) is 16.1. The highest BCUT2D eigenvalue weighted by Crippen LogP contribution is 2.43. The van der Waals surface area contributed by atoms with Gasteiger partial charge in [-0.3, -0.25) is 0 Å². The molecule has 136 valence electrons. The summed E-state index contributed by atoms with van der Waals surface area (Å²) < 4.78 is 2.43. The molecule has 1 aliphatic heterocycles. The largest absolute Gasteiger partial charge is 0.348 e. The van der Waals surface area contributed by atoms with Gasteiger partial charge >= 0.3 is 0 Å². The van der Waals surface area contributed by atoms with Crippen LogP contribution in [0.4, 0.5) is 17.2 Å². The van der Waals surface area contributed by atoms with E-state index in [4.69, 9.17) is 4.98 Å². The summed E-state index contributed by atoms with van der Waals surface area (Å²) >= 11 is 0. The van der Waals surface area contributed by atoms with Gasteiger partial charge in [0.05, 0.1) is 23.6 Å². The van der Waals surface area contributed by atoms with Crippen molar-refractivity contribution < 1.29 is 0 Å². The molecule has 4 nitrogen and oxygen atoms in total. The van der Waals surface area contributed by atoms with Crippen LogP contribution in [0.1, 0.15) is 20.8 Å². The summed E-state index contributed by atoms with van der Waals surface area (Å²) in [6.07, 6.45) is 1.89. The van der Waals surface area contributed by atoms with Gasteiger partial charge in [0.25, 0.3) is 0 Å². The summed E-state index contributed by atoms with van der Waals surface area (Å²) in [6, 6.07) is 20.0. The molecule has 0 N–H and O–H groups in total. The topological polar surface area (TPSA) is 24.3 Å². The number of para-hydroxylation sites is 2. The number of hydrogen-bond acceptors (Lipinski definition) is 3. The molecule has 1 aliphatic rings. The van der Waals surface area contributed by atoms with Crippen molar-refractivity contribution in [3.8, 4) is 0 Å². The molecule has 27 heavy (non-hydrogen) atoms. The SMILES string of the molecule is CCn1c2ccccc2c2cccc(N3CN(C(C)C)c4cccnc43)c21. The van der Waals surface area contributed by atoms with E-state index in [1.54, 1.807) is 0 Å². The van der Waals surface area contributed by atoms with Crippen molar-refractivity contribution in [2.75, 3.05) is 16.5 Å². The number of rotatable bonds is 3. The van der Waals surface area contributed by atoms with Gasteiger partial charge in [-0.05, 0) is 45.0 Å². The van der Waals surface area contributed by atoms with Gasteiger partial charge in [0.1, 0.15) is 0 Å². The Morgan fingerprint density at radius 3 is 2.52 bits per heavy atom. The predicted octanol–water partition coefficient (Wildman–Crippen LogP) is 5.53. The van der Waals surface area contributed by atoms with Crippen LogP contribution in [-0.4, -0.2) is 22.3 Å². The molecule has 0 bridgehead atoms. The Hall–Kier alpha value is -3.01. The highest BCUT2D eigenvalue weighted by Gasteiger charge is 2.31. The molecule has 0 radical (unpaired) electrons. The number of benzene rings is 2. The Morgan fingerprint density at radius 1 is 0.926 bits per heavy atom. The molecule has 0 fully saturated rings. The fraction of sp³-hybridized carbons (Fsp3) is 0.261. The first kappa shape index (κ1) is 16.2. The van der Waals surface area contributed by atoms with Crippen LogP contribution >= 0.6 is 0 Å². The highest BCUT2D eigenvalue weighted by molar-refractivity contribution is 6.12. The Balaban J connectivity index is 1.80. The third kappa shape index (κ3) is 2.26. The number of aromatic nitrogens is 2. The maximum atomic E-state index is 4.74. The summed E-state index contributed by atoms with van der Waals surface area (Å²) in [7, 11) is 0. The van der Waals surface area contributed by atoms with E-state index in [9.17, 15) is 0 Å². The smallest absolute Gasteiger partial charge is 0.158 e. The lowest BCUT2D eigenvalue weighted by molar-refractivity contribution is 0.709. The molecule has 3 heterocycles. The molecule has 0 saturated heterocycles. The van der Waals surface area contributed by atoms with Crippen molar-refractivity contribution in [2.45, 2.75) is 33.4 Å². The maximum absolute atomic E-state index is 4.74. The zero-order chi connectivity index (χ0) is 18.5. The molecule has 0 saturated carbocycles. The second kappa shape index (κ2) is 6.02. The van der Waals surface area contributed by atoms with Gasteiger partial charge in [-0.2, -0.15) is 0 Å². The van der Waals surface area contributed by atoms with Crippen LogP contribution in [0.3, 0.4) is 0 Å². The quantitative estimate of drug-likeness (QED) is 0.482. The average molecular weight is 356 g/mol. The van der Waals surface area contributed by atoms with E-state index in [1.807, 2.05) is 12.3 Å². The maximum Gasteiger partial charge on any atom is 0.158 e. The molecule has 0 aliphatic carbocycles. The normalized spacial score (nSPS) is 13.9. The third-order valence-corrected chi connectivity index (χ3v) is 5.62. The number of aryl methyl sites for hydroxylation is 1. The molecule has 4 heteroatoms. The Labute approximate surface area is 159 Å². The minimum atomic E-state index is 0.425. The molecule has 0 unspecified atom stereocenters.